The van der Waals surface area contributed by atoms with E-state index < -0.39 is 0 Å². The van der Waals surface area contributed by atoms with Crippen molar-refractivity contribution in [3.05, 3.63) is 53.7 Å². The van der Waals surface area contributed by atoms with Gasteiger partial charge >= 0.3 is 0 Å². The van der Waals surface area contributed by atoms with Crippen molar-refractivity contribution in [1.82, 2.24) is 5.32 Å². The molecule has 4 heteroatoms. The van der Waals surface area contributed by atoms with Gasteiger partial charge < -0.3 is 14.5 Å². The largest absolute Gasteiger partial charge is 0.494 e. The van der Waals surface area contributed by atoms with E-state index in [1.165, 1.54) is 7.11 Å². The van der Waals surface area contributed by atoms with Gasteiger partial charge in [-0.1, -0.05) is 12.1 Å². The van der Waals surface area contributed by atoms with Crippen LogP contribution in [0.25, 0.3) is 0 Å². The Hall–Kier alpha value is -1.81. The van der Waals surface area contributed by atoms with Gasteiger partial charge in [0.1, 0.15) is 5.76 Å². The maximum absolute atomic E-state index is 13.9. The standard InChI is InChI=1S/C14H16FNO2/c1-10(12-7-4-8-18-12)16-9-11-5-3-6-13(17-2)14(11)15/h3-8,10,16H,9H2,1-2H3/t10-/m0/s1. The summed E-state index contributed by atoms with van der Waals surface area (Å²) in [6, 6.07) is 8.87. The Labute approximate surface area is 106 Å². The van der Waals surface area contributed by atoms with E-state index in [9.17, 15) is 4.39 Å². The first-order valence-corrected chi connectivity index (χ1v) is 5.80. The molecule has 0 bridgehead atoms. The van der Waals surface area contributed by atoms with Crippen LogP contribution in [0, 0.1) is 5.82 Å². The van der Waals surface area contributed by atoms with Gasteiger partial charge in [0.25, 0.3) is 0 Å². The summed E-state index contributed by atoms with van der Waals surface area (Å²) in [6.45, 7) is 2.39. The third-order valence-corrected chi connectivity index (χ3v) is 2.83. The highest BCUT2D eigenvalue weighted by molar-refractivity contribution is 5.31. The molecule has 1 heterocycles. The molecule has 2 rings (SSSR count). The first kappa shape index (κ1) is 12.6. The van der Waals surface area contributed by atoms with Gasteiger partial charge in [0.2, 0.25) is 0 Å². The van der Waals surface area contributed by atoms with Gasteiger partial charge in [-0.15, -0.1) is 0 Å². The molecule has 0 radical (unpaired) electrons. The Balaban J connectivity index is 2.02. The van der Waals surface area contributed by atoms with E-state index in [1.54, 1.807) is 24.5 Å². The molecule has 0 aliphatic rings. The van der Waals surface area contributed by atoms with Crippen LogP contribution in [0.3, 0.4) is 0 Å². The summed E-state index contributed by atoms with van der Waals surface area (Å²) in [5, 5.41) is 3.20. The van der Waals surface area contributed by atoms with Crippen molar-refractivity contribution in [3.8, 4) is 5.75 Å². The number of furan rings is 1. The Morgan fingerprint density at radius 2 is 2.17 bits per heavy atom. The van der Waals surface area contributed by atoms with Gasteiger partial charge in [-0.3, -0.25) is 0 Å². The minimum atomic E-state index is -0.320. The quantitative estimate of drug-likeness (QED) is 0.883. The maximum atomic E-state index is 13.9. The second kappa shape index (κ2) is 5.69. The summed E-state index contributed by atoms with van der Waals surface area (Å²) in [7, 11) is 1.46. The van der Waals surface area contributed by atoms with Gasteiger partial charge in [-0.2, -0.15) is 0 Å². The zero-order valence-corrected chi connectivity index (χ0v) is 10.4. The monoisotopic (exact) mass is 249 g/mol. The molecule has 0 saturated carbocycles. The lowest BCUT2D eigenvalue weighted by Gasteiger charge is -2.12. The Morgan fingerprint density at radius 3 is 2.83 bits per heavy atom. The summed E-state index contributed by atoms with van der Waals surface area (Å²) in [5.74, 6) is 0.775. The second-order valence-electron chi connectivity index (χ2n) is 4.05. The Bertz CT molecular complexity index is 497. The number of methoxy groups -OCH3 is 1. The van der Waals surface area contributed by atoms with E-state index in [0.717, 1.165) is 5.76 Å². The zero-order valence-electron chi connectivity index (χ0n) is 10.4. The van der Waals surface area contributed by atoms with E-state index in [-0.39, 0.29) is 17.6 Å². The van der Waals surface area contributed by atoms with Crippen molar-refractivity contribution in [2.24, 2.45) is 0 Å². The minimum Gasteiger partial charge on any atom is -0.494 e. The van der Waals surface area contributed by atoms with Gasteiger partial charge in [0.15, 0.2) is 11.6 Å². The highest BCUT2D eigenvalue weighted by atomic mass is 19.1. The number of ether oxygens (including phenoxy) is 1. The molecule has 0 amide bonds. The molecule has 0 unspecified atom stereocenters. The number of benzene rings is 1. The van der Waals surface area contributed by atoms with E-state index in [0.29, 0.717) is 12.1 Å². The van der Waals surface area contributed by atoms with E-state index in [1.807, 2.05) is 19.1 Å². The Kier molecular flexibility index (Phi) is 3.99. The van der Waals surface area contributed by atoms with Crippen molar-refractivity contribution < 1.29 is 13.5 Å². The van der Waals surface area contributed by atoms with E-state index in [2.05, 4.69) is 5.32 Å². The lowest BCUT2D eigenvalue weighted by molar-refractivity contribution is 0.381. The molecule has 1 aromatic carbocycles. The van der Waals surface area contributed by atoms with Crippen LogP contribution in [-0.2, 0) is 6.54 Å². The summed E-state index contributed by atoms with van der Waals surface area (Å²) >= 11 is 0. The van der Waals surface area contributed by atoms with Crippen molar-refractivity contribution >= 4 is 0 Å². The minimum absolute atomic E-state index is 0.0330. The Morgan fingerprint density at radius 1 is 1.33 bits per heavy atom. The molecule has 0 saturated heterocycles. The molecule has 0 fully saturated rings. The molecule has 0 aliphatic heterocycles. The van der Waals surface area contributed by atoms with Crippen LogP contribution in [0.1, 0.15) is 24.3 Å². The molecular formula is C14H16FNO2. The number of nitrogens with one attached hydrogen (secondary N) is 1. The molecule has 0 spiro atoms. The lowest BCUT2D eigenvalue weighted by atomic mass is 10.1. The fraction of sp³-hybridized carbons (Fsp3) is 0.286. The normalized spacial score (nSPS) is 12.4. The molecule has 1 N–H and O–H groups in total. The summed E-state index contributed by atoms with van der Waals surface area (Å²) in [4.78, 5) is 0. The fourth-order valence-electron chi connectivity index (χ4n) is 1.75. The highest BCUT2D eigenvalue weighted by Gasteiger charge is 2.11. The molecule has 3 nitrogen and oxygen atoms in total. The second-order valence-corrected chi connectivity index (χ2v) is 4.05. The van der Waals surface area contributed by atoms with Gasteiger partial charge in [-0.05, 0) is 25.1 Å². The summed E-state index contributed by atoms with van der Waals surface area (Å²) in [5.41, 5.74) is 0.577. The maximum Gasteiger partial charge on any atom is 0.169 e. The highest BCUT2D eigenvalue weighted by Crippen LogP contribution is 2.21. The van der Waals surface area contributed by atoms with Crippen LogP contribution in [0.15, 0.2) is 41.0 Å². The number of hydrogen-bond donors (Lipinski definition) is 1. The summed E-state index contributed by atoms with van der Waals surface area (Å²) in [6.07, 6.45) is 1.62. The SMILES string of the molecule is COc1cccc(CN[C@@H](C)c2ccco2)c1F. The van der Waals surface area contributed by atoms with Gasteiger partial charge in [0, 0.05) is 12.1 Å². The zero-order chi connectivity index (χ0) is 13.0. The topological polar surface area (TPSA) is 34.4 Å². The summed E-state index contributed by atoms with van der Waals surface area (Å²) < 4.78 is 24.1. The first-order valence-electron chi connectivity index (χ1n) is 5.80. The molecule has 1 aromatic heterocycles. The van der Waals surface area contributed by atoms with Crippen LogP contribution in [-0.4, -0.2) is 7.11 Å². The smallest absolute Gasteiger partial charge is 0.169 e. The predicted octanol–water partition coefficient (Wildman–Crippen LogP) is 3.28. The van der Waals surface area contributed by atoms with Crippen molar-refractivity contribution in [3.63, 3.8) is 0 Å². The van der Waals surface area contributed by atoms with E-state index >= 15 is 0 Å². The molecule has 1 atom stereocenters. The average molecular weight is 249 g/mol. The van der Waals surface area contributed by atoms with Crippen molar-refractivity contribution in [1.29, 1.82) is 0 Å². The van der Waals surface area contributed by atoms with Crippen LogP contribution in [0.2, 0.25) is 0 Å². The number of rotatable bonds is 5. The predicted molar refractivity (Wildman–Crippen MR) is 66.9 cm³/mol. The van der Waals surface area contributed by atoms with Gasteiger partial charge in [0.05, 0.1) is 19.4 Å². The molecule has 96 valence electrons. The van der Waals surface area contributed by atoms with Crippen LogP contribution < -0.4 is 10.1 Å². The first-order chi connectivity index (χ1) is 8.72. The molecule has 0 aliphatic carbocycles. The van der Waals surface area contributed by atoms with Crippen molar-refractivity contribution in [2.45, 2.75) is 19.5 Å². The number of hydrogen-bond acceptors (Lipinski definition) is 3. The van der Waals surface area contributed by atoms with Crippen LogP contribution in [0.5, 0.6) is 5.75 Å². The fourth-order valence-corrected chi connectivity index (χ4v) is 1.75. The van der Waals surface area contributed by atoms with Gasteiger partial charge in [-0.25, -0.2) is 4.39 Å². The van der Waals surface area contributed by atoms with E-state index in [4.69, 9.17) is 9.15 Å². The molecule has 18 heavy (non-hydrogen) atoms. The molecular weight excluding hydrogens is 233 g/mol. The molecule has 2 aromatic rings. The third-order valence-electron chi connectivity index (χ3n) is 2.83. The lowest BCUT2D eigenvalue weighted by Crippen LogP contribution is -2.18. The third kappa shape index (κ3) is 2.71. The van der Waals surface area contributed by atoms with Crippen molar-refractivity contribution in [2.75, 3.05) is 7.11 Å². The average Bonchev–Trinajstić information content (AvgIpc) is 2.91. The van der Waals surface area contributed by atoms with Crippen LogP contribution >= 0.6 is 0 Å². The number of halogens is 1. The van der Waals surface area contributed by atoms with Crippen LogP contribution in [0.4, 0.5) is 4.39 Å².